The van der Waals surface area contributed by atoms with Crippen molar-refractivity contribution in [3.63, 3.8) is 0 Å². The van der Waals surface area contributed by atoms with Crippen molar-refractivity contribution in [2.24, 2.45) is 5.73 Å². The topological polar surface area (TPSA) is 58.4 Å². The summed E-state index contributed by atoms with van der Waals surface area (Å²) in [5.41, 5.74) is 11.0. The van der Waals surface area contributed by atoms with Crippen LogP contribution in [0, 0.1) is 5.82 Å². The number of nitrogens with two attached hydrogens (primary N) is 1. The third kappa shape index (κ3) is 6.52. The molecule has 0 bridgehead atoms. The Labute approximate surface area is 171 Å². The average Bonchev–Trinajstić information content (AvgIpc) is 2.71. The Morgan fingerprint density at radius 3 is 1.66 bits per heavy atom. The fourth-order valence-electron chi connectivity index (χ4n) is 3.21. The Kier molecular flexibility index (Phi) is 7.11. The first-order valence-electron chi connectivity index (χ1n) is 9.63. The normalized spacial score (nSPS) is 10.9. The summed E-state index contributed by atoms with van der Waals surface area (Å²) in [6.45, 7) is 4.22. The molecule has 0 aliphatic rings. The molecule has 0 saturated carbocycles. The van der Waals surface area contributed by atoms with Crippen LogP contribution in [0.1, 0.15) is 29.2 Å². The van der Waals surface area contributed by atoms with Crippen molar-refractivity contribution >= 4 is 11.6 Å². The van der Waals surface area contributed by atoms with Crippen LogP contribution < -0.4 is 11.1 Å². The Morgan fingerprint density at radius 1 is 0.793 bits per heavy atom. The molecule has 3 N–H and O–H groups in total. The van der Waals surface area contributed by atoms with E-state index in [0.717, 1.165) is 35.5 Å². The van der Waals surface area contributed by atoms with E-state index in [-0.39, 0.29) is 11.7 Å². The SMILES string of the molecule is CC(=O)Nc1ccc(CN(Cc2ccc(F)cc2)Cc2ccc(CN)cc2)cc1. The zero-order valence-electron chi connectivity index (χ0n) is 16.6. The predicted octanol–water partition coefficient (Wildman–Crippen LogP) is 4.45. The lowest BCUT2D eigenvalue weighted by molar-refractivity contribution is -0.114. The zero-order chi connectivity index (χ0) is 20.6. The van der Waals surface area contributed by atoms with Crippen LogP contribution in [0.2, 0.25) is 0 Å². The summed E-state index contributed by atoms with van der Waals surface area (Å²) in [7, 11) is 0. The first-order valence-corrected chi connectivity index (χ1v) is 9.63. The molecule has 0 spiro atoms. The maximum absolute atomic E-state index is 13.3. The summed E-state index contributed by atoms with van der Waals surface area (Å²) >= 11 is 0. The Balaban J connectivity index is 1.75. The number of benzene rings is 3. The summed E-state index contributed by atoms with van der Waals surface area (Å²) in [6.07, 6.45) is 0. The van der Waals surface area contributed by atoms with Gasteiger partial charge in [-0.1, -0.05) is 48.5 Å². The molecule has 150 valence electrons. The molecule has 4 nitrogen and oxygen atoms in total. The summed E-state index contributed by atoms with van der Waals surface area (Å²) in [5, 5.41) is 2.78. The predicted molar refractivity (Wildman–Crippen MR) is 114 cm³/mol. The van der Waals surface area contributed by atoms with Gasteiger partial charge in [-0.3, -0.25) is 9.69 Å². The van der Waals surface area contributed by atoms with Crippen molar-refractivity contribution in [2.75, 3.05) is 5.32 Å². The lowest BCUT2D eigenvalue weighted by Gasteiger charge is -2.23. The highest BCUT2D eigenvalue weighted by Crippen LogP contribution is 2.17. The molecule has 3 rings (SSSR count). The second kappa shape index (κ2) is 9.96. The Bertz CT molecular complexity index is 922. The monoisotopic (exact) mass is 391 g/mol. The van der Waals surface area contributed by atoms with Crippen LogP contribution in [-0.2, 0) is 31.0 Å². The van der Waals surface area contributed by atoms with Crippen molar-refractivity contribution in [1.29, 1.82) is 0 Å². The fraction of sp³-hybridized carbons (Fsp3) is 0.208. The van der Waals surface area contributed by atoms with Gasteiger partial charge in [-0.15, -0.1) is 0 Å². The third-order valence-electron chi connectivity index (χ3n) is 4.66. The van der Waals surface area contributed by atoms with Crippen molar-refractivity contribution in [1.82, 2.24) is 4.90 Å². The highest BCUT2D eigenvalue weighted by molar-refractivity contribution is 5.88. The van der Waals surface area contributed by atoms with E-state index >= 15 is 0 Å². The molecule has 0 fully saturated rings. The molecule has 0 aromatic heterocycles. The Hall–Kier alpha value is -3.02. The van der Waals surface area contributed by atoms with Gasteiger partial charge in [-0.2, -0.15) is 0 Å². The molecule has 1 amide bonds. The summed E-state index contributed by atoms with van der Waals surface area (Å²) in [4.78, 5) is 13.5. The molecule has 3 aromatic carbocycles. The van der Waals surface area contributed by atoms with Gasteiger partial charge in [0.15, 0.2) is 0 Å². The number of carbonyl (C=O) groups is 1. The van der Waals surface area contributed by atoms with E-state index < -0.39 is 0 Å². The molecular formula is C24H26FN3O. The fourth-order valence-corrected chi connectivity index (χ4v) is 3.21. The number of nitrogens with zero attached hydrogens (tertiary/aromatic N) is 1. The number of hydrogen-bond acceptors (Lipinski definition) is 3. The first-order chi connectivity index (χ1) is 14.0. The minimum Gasteiger partial charge on any atom is -0.326 e. The van der Waals surface area contributed by atoms with Crippen molar-refractivity contribution in [3.8, 4) is 0 Å². The molecule has 0 saturated heterocycles. The zero-order valence-corrected chi connectivity index (χ0v) is 16.6. The molecular weight excluding hydrogens is 365 g/mol. The molecule has 29 heavy (non-hydrogen) atoms. The second-order valence-electron chi connectivity index (χ2n) is 7.17. The van der Waals surface area contributed by atoms with E-state index in [1.165, 1.54) is 24.6 Å². The number of carbonyl (C=O) groups excluding carboxylic acids is 1. The van der Waals surface area contributed by atoms with Crippen molar-refractivity contribution < 1.29 is 9.18 Å². The molecule has 0 aliphatic heterocycles. The number of hydrogen-bond donors (Lipinski definition) is 2. The average molecular weight is 391 g/mol. The lowest BCUT2D eigenvalue weighted by atomic mass is 10.1. The van der Waals surface area contributed by atoms with Crippen LogP contribution in [0.3, 0.4) is 0 Å². The van der Waals surface area contributed by atoms with Gasteiger partial charge in [0, 0.05) is 38.8 Å². The number of halogens is 1. The molecule has 3 aromatic rings. The van der Waals surface area contributed by atoms with Crippen LogP contribution in [0.25, 0.3) is 0 Å². The van der Waals surface area contributed by atoms with Gasteiger partial charge < -0.3 is 11.1 Å². The number of rotatable bonds is 8. The molecule has 0 unspecified atom stereocenters. The van der Waals surface area contributed by atoms with E-state index in [1.54, 1.807) is 0 Å². The van der Waals surface area contributed by atoms with Crippen molar-refractivity contribution in [2.45, 2.75) is 33.1 Å². The molecule has 0 aliphatic carbocycles. The largest absolute Gasteiger partial charge is 0.326 e. The lowest BCUT2D eigenvalue weighted by Crippen LogP contribution is -2.22. The minimum absolute atomic E-state index is 0.0865. The molecule has 0 radical (unpaired) electrons. The molecule has 5 heteroatoms. The Morgan fingerprint density at radius 2 is 1.21 bits per heavy atom. The van der Waals surface area contributed by atoms with E-state index in [9.17, 15) is 9.18 Å². The van der Waals surface area contributed by atoms with Crippen LogP contribution in [-0.4, -0.2) is 10.8 Å². The van der Waals surface area contributed by atoms with Gasteiger partial charge in [-0.05, 0) is 46.5 Å². The van der Waals surface area contributed by atoms with Gasteiger partial charge in [0.05, 0.1) is 0 Å². The molecule has 0 heterocycles. The van der Waals surface area contributed by atoms with E-state index in [0.29, 0.717) is 13.1 Å². The van der Waals surface area contributed by atoms with Gasteiger partial charge in [0.1, 0.15) is 5.82 Å². The van der Waals surface area contributed by atoms with Crippen LogP contribution in [0.15, 0.2) is 72.8 Å². The number of anilines is 1. The van der Waals surface area contributed by atoms with Gasteiger partial charge in [0.25, 0.3) is 0 Å². The molecule has 0 atom stereocenters. The van der Waals surface area contributed by atoms with Crippen molar-refractivity contribution in [3.05, 3.63) is 101 Å². The number of nitrogens with one attached hydrogen (secondary N) is 1. The van der Waals surface area contributed by atoms with E-state index in [1.807, 2.05) is 48.5 Å². The van der Waals surface area contributed by atoms with E-state index in [2.05, 4.69) is 22.3 Å². The first kappa shape index (κ1) is 20.7. The third-order valence-corrected chi connectivity index (χ3v) is 4.66. The van der Waals surface area contributed by atoms with E-state index in [4.69, 9.17) is 5.73 Å². The van der Waals surface area contributed by atoms with Crippen LogP contribution in [0.4, 0.5) is 10.1 Å². The van der Waals surface area contributed by atoms with Gasteiger partial charge in [0.2, 0.25) is 5.91 Å². The maximum atomic E-state index is 13.3. The van der Waals surface area contributed by atoms with Gasteiger partial charge >= 0.3 is 0 Å². The summed E-state index contributed by atoms with van der Waals surface area (Å²) < 4.78 is 13.3. The second-order valence-corrected chi connectivity index (χ2v) is 7.17. The quantitative estimate of drug-likeness (QED) is 0.597. The highest BCUT2D eigenvalue weighted by Gasteiger charge is 2.09. The maximum Gasteiger partial charge on any atom is 0.221 e. The van der Waals surface area contributed by atoms with Gasteiger partial charge in [-0.25, -0.2) is 4.39 Å². The summed E-state index contributed by atoms with van der Waals surface area (Å²) in [6, 6.07) is 22.8. The minimum atomic E-state index is -0.230. The summed E-state index contributed by atoms with van der Waals surface area (Å²) in [5.74, 6) is -0.317. The highest BCUT2D eigenvalue weighted by atomic mass is 19.1. The van der Waals surface area contributed by atoms with Crippen LogP contribution in [0.5, 0.6) is 0 Å². The standard InChI is InChI=1S/C24H26FN3O/c1-18(29)27-24-12-8-22(9-13-24)17-28(16-21-6-10-23(25)11-7-21)15-20-4-2-19(14-26)3-5-20/h2-13H,14-17,26H2,1H3,(H,27,29). The smallest absolute Gasteiger partial charge is 0.221 e. The number of amides is 1. The van der Waals surface area contributed by atoms with Crippen LogP contribution >= 0.6 is 0 Å².